The molecule has 0 spiro atoms. The number of nitrogens with zero attached hydrogens (tertiary/aromatic N) is 1. The Labute approximate surface area is 209 Å². The zero-order chi connectivity index (χ0) is 23.8. The topological polar surface area (TPSA) is 44.4 Å². The molecule has 0 radical (unpaired) electrons. The van der Waals surface area contributed by atoms with Crippen molar-refractivity contribution >= 4 is 16.8 Å². The van der Waals surface area contributed by atoms with Crippen molar-refractivity contribution < 1.29 is 4.79 Å². The second-order valence-corrected chi connectivity index (χ2v) is 11.0. The van der Waals surface area contributed by atoms with Gasteiger partial charge in [-0.2, -0.15) is 0 Å². The number of hydrogen-bond donors (Lipinski definition) is 2. The van der Waals surface area contributed by atoms with Crippen LogP contribution in [0, 0.1) is 11.8 Å². The van der Waals surface area contributed by atoms with Gasteiger partial charge in [0, 0.05) is 25.2 Å². The van der Waals surface area contributed by atoms with Crippen LogP contribution >= 0.6 is 0 Å². The summed E-state index contributed by atoms with van der Waals surface area (Å²) >= 11 is 0. The zero-order valence-electron chi connectivity index (χ0n) is 20.7. The van der Waals surface area contributed by atoms with Crippen molar-refractivity contribution in [1.82, 2.24) is 15.5 Å². The minimum atomic E-state index is -0.0565. The molecular weight excluding hydrogens is 430 g/mol. The van der Waals surface area contributed by atoms with E-state index in [1.807, 2.05) is 0 Å². The Morgan fingerprint density at radius 3 is 2.20 bits per heavy atom. The molecule has 3 atom stereocenters. The van der Waals surface area contributed by atoms with Crippen molar-refractivity contribution in [1.29, 1.82) is 0 Å². The summed E-state index contributed by atoms with van der Waals surface area (Å²) in [7, 11) is 0. The van der Waals surface area contributed by atoms with Crippen LogP contribution in [-0.2, 0) is 0 Å². The molecule has 0 aromatic heterocycles. The van der Waals surface area contributed by atoms with Gasteiger partial charge in [-0.3, -0.25) is 4.90 Å². The Bertz CT molecular complexity index is 1160. The maximum atomic E-state index is 12.7. The van der Waals surface area contributed by atoms with Gasteiger partial charge in [0.05, 0.1) is 6.04 Å². The lowest BCUT2D eigenvalue weighted by molar-refractivity contribution is 0.149. The molecule has 182 valence electrons. The first kappa shape index (κ1) is 22.6. The average molecular weight is 468 g/mol. The molecule has 2 heterocycles. The van der Waals surface area contributed by atoms with Crippen LogP contribution in [0.5, 0.6) is 0 Å². The van der Waals surface area contributed by atoms with E-state index in [0.29, 0.717) is 18.0 Å². The average Bonchev–Trinajstić information content (AvgIpc) is 3.43. The summed E-state index contributed by atoms with van der Waals surface area (Å²) in [6.07, 6.45) is 7.67. The molecule has 2 bridgehead atoms. The third kappa shape index (κ3) is 4.45. The van der Waals surface area contributed by atoms with Crippen molar-refractivity contribution in [2.45, 2.75) is 63.6 Å². The van der Waals surface area contributed by atoms with Gasteiger partial charge in [-0.1, -0.05) is 66.7 Å². The normalized spacial score (nSPS) is 26.4. The third-order valence-corrected chi connectivity index (χ3v) is 8.85. The number of carbonyl (C=O) groups excluding carboxylic acids is 1. The molecule has 2 fully saturated rings. The lowest BCUT2D eigenvalue weighted by Gasteiger charge is -2.33. The smallest absolute Gasteiger partial charge is 0.315 e. The van der Waals surface area contributed by atoms with Crippen LogP contribution in [0.1, 0.15) is 80.3 Å². The number of nitrogens with one attached hydrogen (secondary N) is 2. The SMILES string of the molecule is C[C@H](NC(=O)NCC1CCC(CN2[C@H]3CC[C@H]2c2ccccc23)CC1)c1cccc2ccccc12. The highest BCUT2D eigenvalue weighted by atomic mass is 16.2. The lowest BCUT2D eigenvalue weighted by Crippen LogP contribution is -2.40. The van der Waals surface area contributed by atoms with Crippen LogP contribution in [0.15, 0.2) is 66.7 Å². The predicted octanol–water partition coefficient (Wildman–Crippen LogP) is 6.90. The second kappa shape index (κ2) is 9.66. The first-order valence-electron chi connectivity index (χ1n) is 13.5. The fourth-order valence-corrected chi connectivity index (χ4v) is 7.01. The largest absolute Gasteiger partial charge is 0.338 e. The fourth-order valence-electron chi connectivity index (χ4n) is 7.01. The molecule has 2 amide bonds. The van der Waals surface area contributed by atoms with Crippen LogP contribution in [-0.4, -0.2) is 24.0 Å². The molecule has 2 N–H and O–H groups in total. The van der Waals surface area contributed by atoms with E-state index in [2.05, 4.69) is 89.2 Å². The monoisotopic (exact) mass is 467 g/mol. The van der Waals surface area contributed by atoms with E-state index in [9.17, 15) is 4.79 Å². The Morgan fingerprint density at radius 2 is 1.46 bits per heavy atom. The zero-order valence-corrected chi connectivity index (χ0v) is 20.7. The molecule has 1 saturated carbocycles. The van der Waals surface area contributed by atoms with E-state index in [-0.39, 0.29) is 12.1 Å². The van der Waals surface area contributed by atoms with Crippen molar-refractivity contribution in [3.63, 3.8) is 0 Å². The molecule has 3 aliphatic rings. The second-order valence-electron chi connectivity index (χ2n) is 11.0. The minimum absolute atomic E-state index is 0.0307. The Morgan fingerprint density at radius 1 is 0.829 bits per heavy atom. The number of benzene rings is 3. The van der Waals surface area contributed by atoms with Crippen LogP contribution in [0.4, 0.5) is 4.79 Å². The third-order valence-electron chi connectivity index (χ3n) is 8.85. The fraction of sp³-hybridized carbons (Fsp3) is 0.452. The minimum Gasteiger partial charge on any atom is -0.338 e. The van der Waals surface area contributed by atoms with Gasteiger partial charge < -0.3 is 10.6 Å². The van der Waals surface area contributed by atoms with Crippen molar-refractivity contribution in [3.8, 4) is 0 Å². The summed E-state index contributed by atoms with van der Waals surface area (Å²) in [6, 6.07) is 25.0. The first-order valence-corrected chi connectivity index (χ1v) is 13.5. The van der Waals surface area contributed by atoms with Crippen LogP contribution in [0.3, 0.4) is 0 Å². The van der Waals surface area contributed by atoms with E-state index >= 15 is 0 Å². The van der Waals surface area contributed by atoms with Gasteiger partial charge in [0.15, 0.2) is 0 Å². The van der Waals surface area contributed by atoms with Crippen molar-refractivity contribution in [2.24, 2.45) is 11.8 Å². The van der Waals surface area contributed by atoms with Gasteiger partial charge in [0.1, 0.15) is 0 Å². The van der Waals surface area contributed by atoms with Crippen molar-refractivity contribution in [2.75, 3.05) is 13.1 Å². The van der Waals surface area contributed by atoms with Gasteiger partial charge in [0.2, 0.25) is 0 Å². The summed E-state index contributed by atoms with van der Waals surface area (Å²) in [6.45, 7) is 4.09. The van der Waals surface area contributed by atoms with Crippen molar-refractivity contribution in [3.05, 3.63) is 83.4 Å². The van der Waals surface area contributed by atoms with Crippen LogP contribution in [0.2, 0.25) is 0 Å². The van der Waals surface area contributed by atoms with Gasteiger partial charge in [-0.25, -0.2) is 4.79 Å². The number of amides is 2. The van der Waals surface area contributed by atoms with E-state index < -0.39 is 0 Å². The molecule has 1 saturated heterocycles. The maximum Gasteiger partial charge on any atom is 0.315 e. The number of hydrogen-bond acceptors (Lipinski definition) is 2. The number of urea groups is 1. The van der Waals surface area contributed by atoms with Gasteiger partial charge in [-0.15, -0.1) is 0 Å². The molecular formula is C31H37N3O. The molecule has 2 aliphatic heterocycles. The highest BCUT2D eigenvalue weighted by Gasteiger charge is 2.44. The molecule has 35 heavy (non-hydrogen) atoms. The quantitative estimate of drug-likeness (QED) is 0.414. The van der Waals surface area contributed by atoms with Gasteiger partial charge >= 0.3 is 6.03 Å². The van der Waals surface area contributed by atoms with E-state index in [0.717, 1.165) is 18.0 Å². The summed E-state index contributed by atoms with van der Waals surface area (Å²) in [5.74, 6) is 1.39. The van der Waals surface area contributed by atoms with Gasteiger partial charge in [0.25, 0.3) is 0 Å². The molecule has 0 unspecified atom stereocenters. The Balaban J connectivity index is 0.963. The Hall–Kier alpha value is -2.85. The molecule has 3 aromatic carbocycles. The van der Waals surface area contributed by atoms with Crippen LogP contribution in [0.25, 0.3) is 10.8 Å². The van der Waals surface area contributed by atoms with E-state index in [1.54, 1.807) is 11.1 Å². The Kier molecular flexibility index (Phi) is 6.24. The number of carbonyl (C=O) groups is 1. The summed E-state index contributed by atoms with van der Waals surface area (Å²) in [5.41, 5.74) is 4.34. The first-order chi connectivity index (χ1) is 17.2. The molecule has 4 nitrogen and oxygen atoms in total. The number of rotatable bonds is 6. The van der Waals surface area contributed by atoms with E-state index in [1.165, 1.54) is 55.8 Å². The summed E-state index contributed by atoms with van der Waals surface area (Å²) in [5, 5.41) is 8.73. The van der Waals surface area contributed by atoms with Gasteiger partial charge in [-0.05, 0) is 84.7 Å². The molecule has 1 aliphatic carbocycles. The molecule has 3 aromatic rings. The number of fused-ring (bicyclic) bond motifs is 6. The van der Waals surface area contributed by atoms with E-state index in [4.69, 9.17) is 0 Å². The highest BCUT2D eigenvalue weighted by molar-refractivity contribution is 5.86. The molecule has 4 heteroatoms. The standard InChI is InChI=1S/C31H37N3O/c1-21(25-12-6-8-24-7-2-3-9-26(24)25)33-31(35)32-19-22-13-15-23(16-14-22)20-34-29-17-18-30(34)28-11-5-4-10-27(28)29/h2-12,21-23,29-30H,13-20H2,1H3,(H2,32,33,35)/t21-,22?,23?,29-,30-/m0/s1. The predicted molar refractivity (Wildman–Crippen MR) is 142 cm³/mol. The van der Waals surface area contributed by atoms with Crippen LogP contribution < -0.4 is 10.6 Å². The lowest BCUT2D eigenvalue weighted by atomic mass is 9.81. The summed E-state index contributed by atoms with van der Waals surface area (Å²) < 4.78 is 0. The maximum absolute atomic E-state index is 12.7. The summed E-state index contributed by atoms with van der Waals surface area (Å²) in [4.78, 5) is 15.5. The highest BCUT2D eigenvalue weighted by Crippen LogP contribution is 2.53. The molecule has 6 rings (SSSR count).